The zero-order valence-electron chi connectivity index (χ0n) is 19.9. The first-order valence-electron chi connectivity index (χ1n) is 12.2. The minimum absolute atomic E-state index is 0.436. The van der Waals surface area contributed by atoms with Crippen LogP contribution in [0.3, 0.4) is 0 Å². The minimum Gasteiger partial charge on any atom is -0.495 e. The number of piperidine rings is 2. The zero-order valence-corrected chi connectivity index (χ0v) is 20.7. The molecule has 2 aliphatic rings. The van der Waals surface area contributed by atoms with Gasteiger partial charge in [0, 0.05) is 31.7 Å². The highest BCUT2D eigenvalue weighted by atomic mass is 35.5. The summed E-state index contributed by atoms with van der Waals surface area (Å²) in [4.78, 5) is 18.6. The molecule has 0 bridgehead atoms. The first-order chi connectivity index (χ1) is 17.2. The van der Waals surface area contributed by atoms with Gasteiger partial charge in [0.25, 0.3) is 0 Å². The van der Waals surface area contributed by atoms with E-state index in [1.807, 2.05) is 30.3 Å². The highest BCUT2D eigenvalue weighted by molar-refractivity contribution is 6.32. The van der Waals surface area contributed by atoms with Crippen LogP contribution in [0.25, 0.3) is 11.3 Å². The Morgan fingerprint density at radius 3 is 2.17 bits per heavy atom. The summed E-state index contributed by atoms with van der Waals surface area (Å²) in [6, 6.07) is 9.26. The number of ether oxygens (including phenoxy) is 1. The van der Waals surface area contributed by atoms with E-state index in [9.17, 15) is 0 Å². The second-order valence-corrected chi connectivity index (χ2v) is 9.18. The Morgan fingerprint density at radius 1 is 0.914 bits per heavy atom. The lowest BCUT2D eigenvalue weighted by molar-refractivity contribution is 0.415. The van der Waals surface area contributed by atoms with Crippen molar-refractivity contribution < 1.29 is 9.15 Å². The molecule has 0 saturated carbocycles. The topological polar surface area (TPSA) is 91.9 Å². The van der Waals surface area contributed by atoms with E-state index in [0.29, 0.717) is 28.2 Å². The molecule has 0 aliphatic carbocycles. The van der Waals surface area contributed by atoms with Gasteiger partial charge in [0.15, 0.2) is 0 Å². The van der Waals surface area contributed by atoms with Crippen LogP contribution in [0.15, 0.2) is 39.9 Å². The van der Waals surface area contributed by atoms with Crippen molar-refractivity contribution in [3.8, 4) is 17.1 Å². The van der Waals surface area contributed by atoms with E-state index < -0.39 is 0 Å². The summed E-state index contributed by atoms with van der Waals surface area (Å²) < 4.78 is 11.1. The molecule has 1 aromatic carbocycles. The molecule has 0 spiro atoms. The number of furan rings is 1. The largest absolute Gasteiger partial charge is 0.495 e. The minimum atomic E-state index is 0.436. The van der Waals surface area contributed by atoms with Gasteiger partial charge < -0.3 is 19.0 Å². The van der Waals surface area contributed by atoms with Gasteiger partial charge >= 0.3 is 0 Å². The zero-order chi connectivity index (χ0) is 24.0. The Hall–Kier alpha value is -3.33. The first-order valence-corrected chi connectivity index (χ1v) is 12.6. The monoisotopic (exact) mass is 495 g/mol. The number of hydrogen-bond acceptors (Lipinski definition) is 9. The van der Waals surface area contributed by atoms with Crippen LogP contribution in [-0.2, 0) is 0 Å². The highest BCUT2D eigenvalue weighted by Crippen LogP contribution is 2.31. The number of aromatic nitrogens is 3. The molecule has 2 aromatic heterocycles. The number of methoxy groups -OCH3 is 1. The molecular formula is C25H30ClN7O2. The van der Waals surface area contributed by atoms with Crippen molar-refractivity contribution in [1.29, 1.82) is 0 Å². The number of nitrogens with zero attached hydrogens (tertiary/aromatic N) is 6. The van der Waals surface area contributed by atoms with Crippen molar-refractivity contribution >= 4 is 35.7 Å². The quantitative estimate of drug-likeness (QED) is 0.352. The lowest BCUT2D eigenvalue weighted by Gasteiger charge is -2.30. The van der Waals surface area contributed by atoms with Crippen LogP contribution in [0, 0.1) is 0 Å². The number of rotatable bonds is 7. The molecule has 0 atom stereocenters. The summed E-state index contributed by atoms with van der Waals surface area (Å²) in [7, 11) is 1.59. The third-order valence-corrected chi connectivity index (χ3v) is 6.60. The van der Waals surface area contributed by atoms with Crippen molar-refractivity contribution in [2.24, 2.45) is 5.10 Å². The molecule has 5 rings (SSSR count). The lowest BCUT2D eigenvalue weighted by Crippen LogP contribution is -2.34. The van der Waals surface area contributed by atoms with Gasteiger partial charge in [-0.2, -0.15) is 20.1 Å². The summed E-state index contributed by atoms with van der Waals surface area (Å²) in [6.07, 6.45) is 8.75. The maximum atomic E-state index is 6.25. The van der Waals surface area contributed by atoms with E-state index in [1.54, 1.807) is 13.3 Å². The third-order valence-electron chi connectivity index (χ3n) is 6.31. The number of halogens is 1. The Labute approximate surface area is 210 Å². The number of benzene rings is 1. The van der Waals surface area contributed by atoms with Gasteiger partial charge in [-0.1, -0.05) is 11.6 Å². The molecule has 184 valence electrons. The van der Waals surface area contributed by atoms with Crippen LogP contribution in [0.5, 0.6) is 5.75 Å². The maximum Gasteiger partial charge on any atom is 0.250 e. The third kappa shape index (κ3) is 5.67. The van der Waals surface area contributed by atoms with E-state index >= 15 is 0 Å². The highest BCUT2D eigenvalue weighted by Gasteiger charge is 2.20. The molecule has 2 aliphatic heterocycles. The summed E-state index contributed by atoms with van der Waals surface area (Å²) in [5.74, 6) is 3.78. The lowest BCUT2D eigenvalue weighted by atomic mass is 10.1. The smallest absolute Gasteiger partial charge is 0.250 e. The molecule has 9 nitrogen and oxygen atoms in total. The molecule has 0 radical (unpaired) electrons. The van der Waals surface area contributed by atoms with Crippen LogP contribution in [-0.4, -0.2) is 54.5 Å². The molecule has 0 amide bonds. The Balaban J connectivity index is 1.32. The molecule has 2 fully saturated rings. The van der Waals surface area contributed by atoms with Crippen LogP contribution in [0.2, 0.25) is 5.02 Å². The first kappa shape index (κ1) is 23.4. The van der Waals surface area contributed by atoms with Gasteiger partial charge in [0.2, 0.25) is 17.8 Å². The summed E-state index contributed by atoms with van der Waals surface area (Å²) in [5.41, 5.74) is 3.84. The molecule has 10 heteroatoms. The van der Waals surface area contributed by atoms with Crippen molar-refractivity contribution in [3.63, 3.8) is 0 Å². The van der Waals surface area contributed by atoms with E-state index in [4.69, 9.17) is 25.7 Å². The van der Waals surface area contributed by atoms with Crippen LogP contribution >= 0.6 is 11.6 Å². The average molecular weight is 496 g/mol. The van der Waals surface area contributed by atoms with Crippen molar-refractivity contribution in [2.75, 3.05) is 48.5 Å². The molecule has 4 heterocycles. The molecule has 0 unspecified atom stereocenters. The Morgan fingerprint density at radius 2 is 1.57 bits per heavy atom. The van der Waals surface area contributed by atoms with E-state index in [0.717, 1.165) is 69.3 Å². The van der Waals surface area contributed by atoms with E-state index in [2.05, 4.69) is 30.3 Å². The number of hydrazone groups is 1. The fourth-order valence-electron chi connectivity index (χ4n) is 4.43. The Kier molecular flexibility index (Phi) is 7.32. The predicted molar refractivity (Wildman–Crippen MR) is 139 cm³/mol. The second kappa shape index (κ2) is 10.9. The molecule has 2 saturated heterocycles. The predicted octanol–water partition coefficient (Wildman–Crippen LogP) is 5.22. The molecule has 35 heavy (non-hydrogen) atoms. The molecular weight excluding hydrogens is 466 g/mol. The maximum absolute atomic E-state index is 6.25. The second-order valence-electron chi connectivity index (χ2n) is 8.78. The van der Waals surface area contributed by atoms with E-state index in [-0.39, 0.29) is 0 Å². The van der Waals surface area contributed by atoms with Gasteiger partial charge in [-0.3, -0.25) is 0 Å². The fraction of sp³-hybridized carbons (Fsp3) is 0.440. The summed E-state index contributed by atoms with van der Waals surface area (Å²) in [6.45, 7) is 3.88. The van der Waals surface area contributed by atoms with Gasteiger partial charge in [0.05, 0.1) is 18.3 Å². The normalized spacial score (nSPS) is 16.6. The van der Waals surface area contributed by atoms with Gasteiger partial charge in [0.1, 0.15) is 17.3 Å². The van der Waals surface area contributed by atoms with Crippen LogP contribution < -0.4 is 20.0 Å². The van der Waals surface area contributed by atoms with Gasteiger partial charge in [-0.15, -0.1) is 0 Å². The van der Waals surface area contributed by atoms with Gasteiger partial charge in [-0.05, 0) is 68.9 Å². The SMILES string of the molecule is COc1ccc(-c2ccc(/C=N\Nc3nc(N4CCCCC4)nc(N4CCCCC4)n3)o2)cc1Cl. The number of nitrogens with one attached hydrogen (secondary N) is 1. The molecule has 3 aromatic rings. The standard InChI is InChI=1S/C25H30ClN7O2/c1-34-22-10-8-18(16-20(22)26)21-11-9-19(35-21)17-27-31-23-28-24(32-12-4-2-5-13-32)30-25(29-23)33-14-6-3-7-15-33/h8-11,16-17H,2-7,12-15H2,1H3,(H,28,29,30,31)/b27-17-. The van der Waals surface area contributed by atoms with E-state index in [1.165, 1.54) is 12.8 Å². The fourth-order valence-corrected chi connectivity index (χ4v) is 4.68. The molecule has 1 N–H and O–H groups in total. The van der Waals surface area contributed by atoms with Crippen molar-refractivity contribution in [1.82, 2.24) is 15.0 Å². The van der Waals surface area contributed by atoms with Crippen molar-refractivity contribution in [2.45, 2.75) is 38.5 Å². The number of anilines is 3. The van der Waals surface area contributed by atoms with Crippen molar-refractivity contribution in [3.05, 3.63) is 41.1 Å². The number of hydrogen-bond donors (Lipinski definition) is 1. The van der Waals surface area contributed by atoms with Crippen LogP contribution in [0.4, 0.5) is 17.8 Å². The Bertz CT molecular complexity index is 1130. The average Bonchev–Trinajstić information content (AvgIpc) is 3.38. The summed E-state index contributed by atoms with van der Waals surface area (Å²) in [5, 5.41) is 4.86. The van der Waals surface area contributed by atoms with Crippen LogP contribution in [0.1, 0.15) is 44.3 Å². The van der Waals surface area contributed by atoms with Gasteiger partial charge in [-0.25, -0.2) is 5.43 Å². The summed E-state index contributed by atoms with van der Waals surface area (Å²) >= 11 is 6.25.